The second-order valence-electron chi connectivity index (χ2n) is 6.55. The van der Waals surface area contributed by atoms with Gasteiger partial charge < -0.3 is 25.0 Å². The molecule has 2 N–H and O–H groups in total. The lowest BCUT2D eigenvalue weighted by atomic mass is 10.1. The van der Waals surface area contributed by atoms with Gasteiger partial charge in [0.15, 0.2) is 0 Å². The number of nitrogens with zero attached hydrogens (tertiary/aromatic N) is 1. The summed E-state index contributed by atoms with van der Waals surface area (Å²) in [5.74, 6) is -0.371. The zero-order chi connectivity index (χ0) is 17.9. The number of likely N-dealkylation sites (N-methyl/N-ethyl adjacent to an activating group) is 1. The van der Waals surface area contributed by atoms with Crippen molar-refractivity contribution in [3.63, 3.8) is 0 Å². The van der Waals surface area contributed by atoms with Gasteiger partial charge in [0.2, 0.25) is 0 Å². The molecule has 0 aliphatic carbocycles. The lowest BCUT2D eigenvalue weighted by Gasteiger charge is -2.26. The van der Waals surface area contributed by atoms with Gasteiger partial charge in [-0.2, -0.15) is 0 Å². The van der Waals surface area contributed by atoms with Gasteiger partial charge in [-0.3, -0.25) is 0 Å². The Labute approximate surface area is 142 Å². The fourth-order valence-electron chi connectivity index (χ4n) is 2.61. The van der Waals surface area contributed by atoms with Crippen LogP contribution in [0.4, 0.5) is 16.2 Å². The Morgan fingerprint density at radius 3 is 2.62 bits per heavy atom. The Bertz CT molecular complexity index is 625. The first-order chi connectivity index (χ1) is 11.2. The molecule has 0 saturated carbocycles. The Hall–Kier alpha value is -2.44. The minimum atomic E-state index is -0.532. The van der Waals surface area contributed by atoms with Crippen LogP contribution in [0.25, 0.3) is 0 Å². The van der Waals surface area contributed by atoms with Crippen molar-refractivity contribution >= 4 is 23.4 Å². The number of amides is 1. The van der Waals surface area contributed by atoms with Gasteiger partial charge in [0.05, 0.1) is 30.6 Å². The highest BCUT2D eigenvalue weighted by Crippen LogP contribution is 2.35. The van der Waals surface area contributed by atoms with E-state index in [0.29, 0.717) is 12.1 Å². The van der Waals surface area contributed by atoms with Gasteiger partial charge in [0.1, 0.15) is 11.8 Å². The van der Waals surface area contributed by atoms with Crippen LogP contribution >= 0.6 is 0 Å². The molecule has 0 spiro atoms. The first-order valence-electron chi connectivity index (χ1n) is 7.97. The zero-order valence-corrected chi connectivity index (χ0v) is 14.8. The Kier molecular flexibility index (Phi) is 5.21. The summed E-state index contributed by atoms with van der Waals surface area (Å²) in [5.41, 5.74) is 1.80. The molecule has 0 aromatic heterocycles. The highest BCUT2D eigenvalue weighted by atomic mass is 16.6. The highest BCUT2D eigenvalue weighted by molar-refractivity contribution is 5.93. The van der Waals surface area contributed by atoms with Gasteiger partial charge in [-0.1, -0.05) is 0 Å². The van der Waals surface area contributed by atoms with Crippen molar-refractivity contribution in [2.24, 2.45) is 0 Å². The minimum absolute atomic E-state index is 0.106. The second kappa shape index (κ2) is 6.98. The van der Waals surface area contributed by atoms with Crippen molar-refractivity contribution in [2.75, 3.05) is 30.4 Å². The zero-order valence-electron chi connectivity index (χ0n) is 14.8. The molecule has 0 saturated heterocycles. The van der Waals surface area contributed by atoms with Crippen LogP contribution in [-0.4, -0.2) is 44.0 Å². The van der Waals surface area contributed by atoms with Crippen LogP contribution in [0.1, 0.15) is 38.1 Å². The number of carbonyl (C=O) groups is 2. The van der Waals surface area contributed by atoms with E-state index in [9.17, 15) is 9.59 Å². The molecule has 7 heteroatoms. The Balaban J connectivity index is 2.06. The van der Waals surface area contributed by atoms with Crippen molar-refractivity contribution in [3.05, 3.63) is 23.8 Å². The average Bonchev–Trinajstić information content (AvgIpc) is 2.87. The van der Waals surface area contributed by atoms with Crippen LogP contribution in [0.3, 0.4) is 0 Å². The number of rotatable bonds is 4. The Morgan fingerprint density at radius 2 is 2.04 bits per heavy atom. The van der Waals surface area contributed by atoms with E-state index in [-0.39, 0.29) is 12.1 Å². The standard InChI is InChI=1S/C17H25N3O4/c1-6-20-13-9-11(15(21)23-5)7-8-12(13)19-14(20)10-18-16(22)24-17(2,3)4/h7-9,14,19H,6,10H2,1-5H3,(H,18,22). The molecule has 1 amide bonds. The molecular weight excluding hydrogens is 310 g/mol. The molecule has 2 rings (SSSR count). The van der Waals surface area contributed by atoms with E-state index in [2.05, 4.69) is 15.5 Å². The fraction of sp³-hybridized carbons (Fsp3) is 0.529. The van der Waals surface area contributed by atoms with E-state index in [4.69, 9.17) is 9.47 Å². The maximum Gasteiger partial charge on any atom is 0.407 e. The molecular formula is C17H25N3O4. The second-order valence-corrected chi connectivity index (χ2v) is 6.55. The normalized spacial score (nSPS) is 16.2. The topological polar surface area (TPSA) is 79.9 Å². The molecule has 7 nitrogen and oxygen atoms in total. The lowest BCUT2D eigenvalue weighted by Crippen LogP contribution is -2.46. The van der Waals surface area contributed by atoms with Crippen molar-refractivity contribution < 1.29 is 19.1 Å². The number of esters is 1. The van der Waals surface area contributed by atoms with Crippen LogP contribution in [0.5, 0.6) is 0 Å². The number of hydrogen-bond acceptors (Lipinski definition) is 6. The maximum atomic E-state index is 11.8. The largest absolute Gasteiger partial charge is 0.465 e. The van der Waals surface area contributed by atoms with E-state index in [0.717, 1.165) is 17.9 Å². The molecule has 1 aromatic carbocycles. The van der Waals surface area contributed by atoms with Crippen molar-refractivity contribution in [1.29, 1.82) is 0 Å². The summed E-state index contributed by atoms with van der Waals surface area (Å²) in [6.07, 6.45) is -0.558. The molecule has 1 unspecified atom stereocenters. The van der Waals surface area contributed by atoms with E-state index in [1.54, 1.807) is 12.1 Å². The summed E-state index contributed by atoms with van der Waals surface area (Å²) in [6.45, 7) is 8.59. The molecule has 0 bridgehead atoms. The van der Waals surface area contributed by atoms with Crippen LogP contribution in [-0.2, 0) is 9.47 Å². The van der Waals surface area contributed by atoms with Gasteiger partial charge in [-0.15, -0.1) is 0 Å². The van der Waals surface area contributed by atoms with Gasteiger partial charge in [0.25, 0.3) is 0 Å². The van der Waals surface area contributed by atoms with Crippen LogP contribution in [0.2, 0.25) is 0 Å². The van der Waals surface area contributed by atoms with Crippen molar-refractivity contribution in [3.8, 4) is 0 Å². The summed E-state index contributed by atoms with van der Waals surface area (Å²) in [5, 5.41) is 6.11. The summed E-state index contributed by atoms with van der Waals surface area (Å²) in [6, 6.07) is 5.36. The maximum absolute atomic E-state index is 11.8. The number of alkyl carbamates (subject to hydrolysis) is 1. The molecule has 1 aliphatic rings. The van der Waals surface area contributed by atoms with Crippen LogP contribution < -0.4 is 15.5 Å². The van der Waals surface area contributed by atoms with Gasteiger partial charge in [0, 0.05) is 6.54 Å². The van der Waals surface area contributed by atoms with Gasteiger partial charge in [-0.25, -0.2) is 9.59 Å². The lowest BCUT2D eigenvalue weighted by molar-refractivity contribution is 0.0524. The third-order valence-corrected chi connectivity index (χ3v) is 3.61. The molecule has 132 valence electrons. The first kappa shape index (κ1) is 17.9. The average molecular weight is 335 g/mol. The van der Waals surface area contributed by atoms with E-state index < -0.39 is 11.7 Å². The number of anilines is 2. The van der Waals surface area contributed by atoms with Crippen molar-refractivity contribution in [1.82, 2.24) is 5.32 Å². The predicted octanol–water partition coefficient (Wildman–Crippen LogP) is 2.58. The number of fused-ring (bicyclic) bond motifs is 1. The molecule has 0 fully saturated rings. The Morgan fingerprint density at radius 1 is 1.33 bits per heavy atom. The van der Waals surface area contributed by atoms with E-state index >= 15 is 0 Å². The number of methoxy groups -OCH3 is 1. The summed E-state index contributed by atoms with van der Waals surface area (Å²) >= 11 is 0. The smallest absolute Gasteiger partial charge is 0.407 e. The third kappa shape index (κ3) is 4.10. The fourth-order valence-corrected chi connectivity index (χ4v) is 2.61. The van der Waals surface area contributed by atoms with E-state index in [1.807, 2.05) is 33.8 Å². The molecule has 24 heavy (non-hydrogen) atoms. The molecule has 1 aromatic rings. The van der Waals surface area contributed by atoms with Gasteiger partial charge >= 0.3 is 12.1 Å². The number of hydrogen-bond donors (Lipinski definition) is 2. The number of ether oxygens (including phenoxy) is 2. The van der Waals surface area contributed by atoms with Crippen LogP contribution in [0.15, 0.2) is 18.2 Å². The number of benzene rings is 1. The minimum Gasteiger partial charge on any atom is -0.465 e. The first-order valence-corrected chi connectivity index (χ1v) is 7.97. The van der Waals surface area contributed by atoms with Crippen LogP contribution in [0, 0.1) is 0 Å². The SMILES string of the molecule is CCN1c2cc(C(=O)OC)ccc2NC1CNC(=O)OC(C)(C)C. The quantitative estimate of drug-likeness (QED) is 0.823. The number of nitrogens with one attached hydrogen (secondary N) is 2. The highest BCUT2D eigenvalue weighted by Gasteiger charge is 2.29. The summed E-state index contributed by atoms with van der Waals surface area (Å²) < 4.78 is 10.0. The van der Waals surface area contributed by atoms with Gasteiger partial charge in [-0.05, 0) is 45.9 Å². The monoisotopic (exact) mass is 335 g/mol. The molecule has 1 aliphatic heterocycles. The summed E-state index contributed by atoms with van der Waals surface area (Å²) in [4.78, 5) is 25.6. The van der Waals surface area contributed by atoms with E-state index in [1.165, 1.54) is 7.11 Å². The third-order valence-electron chi connectivity index (χ3n) is 3.61. The number of carbonyl (C=O) groups excluding carboxylic acids is 2. The molecule has 1 heterocycles. The van der Waals surface area contributed by atoms with Crippen molar-refractivity contribution in [2.45, 2.75) is 39.5 Å². The summed E-state index contributed by atoms with van der Waals surface area (Å²) in [7, 11) is 1.36. The molecule has 0 radical (unpaired) electrons. The predicted molar refractivity (Wildman–Crippen MR) is 92.4 cm³/mol. The molecule has 1 atom stereocenters.